The van der Waals surface area contributed by atoms with Crippen LogP contribution < -0.4 is 11.2 Å². The summed E-state index contributed by atoms with van der Waals surface area (Å²) in [4.78, 5) is 45.4. The zero-order valence-electron chi connectivity index (χ0n) is 15.6. The summed E-state index contributed by atoms with van der Waals surface area (Å²) in [6, 6.07) is 6.04. The van der Waals surface area contributed by atoms with Crippen molar-refractivity contribution in [2.24, 2.45) is 0 Å². The van der Waals surface area contributed by atoms with E-state index in [1.54, 1.807) is 19.1 Å². The highest BCUT2D eigenvalue weighted by Gasteiger charge is 2.28. The number of hydrogen-bond acceptors (Lipinski definition) is 4. The number of H-pyrrole nitrogens is 1. The summed E-state index contributed by atoms with van der Waals surface area (Å²) in [5.41, 5.74) is -0.203. The van der Waals surface area contributed by atoms with Gasteiger partial charge < -0.3 is 4.90 Å². The van der Waals surface area contributed by atoms with Crippen LogP contribution in [0, 0.1) is 5.82 Å². The molecule has 1 aliphatic carbocycles. The molecule has 0 unspecified atom stereocenters. The highest BCUT2D eigenvalue weighted by atomic mass is 79.9. The Balaban J connectivity index is 1.71. The molecule has 1 aliphatic rings. The number of aromatic amines is 1. The van der Waals surface area contributed by atoms with Crippen molar-refractivity contribution in [3.05, 3.63) is 72.7 Å². The Kier molecular flexibility index (Phi) is 5.08. The Morgan fingerprint density at radius 3 is 2.79 bits per heavy atom. The number of hydrogen-bond donors (Lipinski definition) is 1. The van der Waals surface area contributed by atoms with Crippen LogP contribution in [0.15, 0.2) is 44.5 Å². The van der Waals surface area contributed by atoms with Crippen LogP contribution in [0.4, 0.5) is 4.39 Å². The number of nitrogens with zero attached hydrogens (tertiary/aromatic N) is 3. The zero-order chi connectivity index (χ0) is 20.7. The van der Waals surface area contributed by atoms with E-state index in [1.807, 2.05) is 0 Å². The first-order valence-electron chi connectivity index (χ1n) is 9.26. The van der Waals surface area contributed by atoms with Gasteiger partial charge in [0.1, 0.15) is 11.5 Å². The lowest BCUT2D eigenvalue weighted by atomic mass is 10.1. The van der Waals surface area contributed by atoms with Crippen LogP contribution in [0.1, 0.15) is 41.7 Å². The molecule has 4 rings (SSSR count). The number of rotatable bonds is 5. The van der Waals surface area contributed by atoms with Crippen LogP contribution in [-0.4, -0.2) is 31.9 Å². The molecule has 2 aromatic heterocycles. The number of benzene rings is 1. The molecule has 0 radical (unpaired) electrons. The summed E-state index contributed by atoms with van der Waals surface area (Å²) in [6.07, 6.45) is 3.07. The average Bonchev–Trinajstić information content (AvgIpc) is 3.53. The largest absolute Gasteiger partial charge is 0.334 e. The summed E-state index contributed by atoms with van der Waals surface area (Å²) in [7, 11) is 0. The van der Waals surface area contributed by atoms with Crippen LogP contribution in [0.25, 0.3) is 11.0 Å². The molecule has 1 N–H and O–H groups in total. The molecule has 150 valence electrons. The van der Waals surface area contributed by atoms with E-state index in [0.717, 1.165) is 12.8 Å². The molecule has 2 heterocycles. The highest BCUT2D eigenvalue weighted by Crippen LogP contribution is 2.34. The maximum atomic E-state index is 14.1. The van der Waals surface area contributed by atoms with E-state index in [-0.39, 0.29) is 35.1 Å². The van der Waals surface area contributed by atoms with Gasteiger partial charge in [-0.1, -0.05) is 15.9 Å². The molecular formula is C20H18BrFN4O3. The first-order valence-corrected chi connectivity index (χ1v) is 10.1. The third-order valence-electron chi connectivity index (χ3n) is 4.98. The third-order valence-corrected chi connectivity index (χ3v) is 5.47. The summed E-state index contributed by atoms with van der Waals surface area (Å²) in [5.74, 6) is -0.772. The molecule has 3 aromatic rings. The van der Waals surface area contributed by atoms with Crippen molar-refractivity contribution >= 4 is 32.9 Å². The Bertz CT molecular complexity index is 1230. The Hall–Kier alpha value is -2.81. The van der Waals surface area contributed by atoms with Gasteiger partial charge >= 0.3 is 5.69 Å². The second-order valence-corrected chi connectivity index (χ2v) is 7.93. The van der Waals surface area contributed by atoms with Gasteiger partial charge in [-0.2, -0.15) is 0 Å². The Labute approximate surface area is 173 Å². The molecule has 1 fully saturated rings. The monoisotopic (exact) mass is 460 g/mol. The number of amides is 1. The summed E-state index contributed by atoms with van der Waals surface area (Å²) < 4.78 is 16.3. The molecule has 0 aliphatic heterocycles. The van der Waals surface area contributed by atoms with Crippen LogP contribution in [0.5, 0.6) is 0 Å². The van der Waals surface area contributed by atoms with E-state index < -0.39 is 17.1 Å². The first-order chi connectivity index (χ1) is 13.9. The van der Waals surface area contributed by atoms with Gasteiger partial charge in [0.2, 0.25) is 0 Å². The van der Waals surface area contributed by atoms with Crippen LogP contribution >= 0.6 is 15.9 Å². The molecule has 9 heteroatoms. The topological polar surface area (TPSA) is 88.1 Å². The van der Waals surface area contributed by atoms with Gasteiger partial charge in [0.05, 0.1) is 10.9 Å². The number of nitrogens with one attached hydrogen (secondary N) is 1. The van der Waals surface area contributed by atoms with Crippen molar-refractivity contribution in [1.29, 1.82) is 0 Å². The van der Waals surface area contributed by atoms with Gasteiger partial charge in [-0.3, -0.25) is 19.1 Å². The van der Waals surface area contributed by atoms with Crippen molar-refractivity contribution < 1.29 is 9.18 Å². The third kappa shape index (κ3) is 3.74. The molecule has 0 spiro atoms. The molecular weight excluding hydrogens is 443 g/mol. The van der Waals surface area contributed by atoms with Crippen molar-refractivity contribution in [2.75, 3.05) is 6.54 Å². The highest BCUT2D eigenvalue weighted by molar-refractivity contribution is 9.10. The lowest BCUT2D eigenvalue weighted by Crippen LogP contribution is -2.32. The maximum absolute atomic E-state index is 14.1. The Morgan fingerprint density at radius 2 is 2.10 bits per heavy atom. The van der Waals surface area contributed by atoms with E-state index in [1.165, 1.54) is 27.8 Å². The predicted molar refractivity (Wildman–Crippen MR) is 109 cm³/mol. The summed E-state index contributed by atoms with van der Waals surface area (Å²) in [6.45, 7) is 2.22. The number of aromatic nitrogens is 3. The molecule has 7 nitrogen and oxygen atoms in total. The number of fused-ring (bicyclic) bond motifs is 1. The standard InChI is InChI=1S/C20H18BrFN4O3/c1-2-25(10-12-7-13(21)3-6-16(12)22)19(28)11-8-15-17(23-9-11)26(14-4-5-14)20(29)24-18(15)27/h3,6-9,14H,2,4-5,10H2,1H3,(H,24,27,29). The van der Waals surface area contributed by atoms with Crippen LogP contribution in [0.2, 0.25) is 0 Å². The van der Waals surface area contributed by atoms with Crippen molar-refractivity contribution in [3.63, 3.8) is 0 Å². The summed E-state index contributed by atoms with van der Waals surface area (Å²) in [5, 5.41) is 0.187. The SMILES string of the molecule is CCN(Cc1cc(Br)ccc1F)C(=O)c1cnc2c(c1)c(=O)[nH]c(=O)n2C1CC1. The van der Waals surface area contributed by atoms with Gasteiger partial charge in [-0.05, 0) is 44.0 Å². The van der Waals surface area contributed by atoms with Crippen LogP contribution in [-0.2, 0) is 6.54 Å². The van der Waals surface area contributed by atoms with E-state index in [2.05, 4.69) is 25.9 Å². The van der Waals surface area contributed by atoms with Crippen molar-refractivity contribution in [3.8, 4) is 0 Å². The molecule has 1 aromatic carbocycles. The van der Waals surface area contributed by atoms with Crippen molar-refractivity contribution in [1.82, 2.24) is 19.4 Å². The van der Waals surface area contributed by atoms with E-state index in [4.69, 9.17) is 0 Å². The number of carbonyl (C=O) groups is 1. The summed E-state index contributed by atoms with van der Waals surface area (Å²) >= 11 is 3.31. The lowest BCUT2D eigenvalue weighted by Gasteiger charge is -2.21. The zero-order valence-corrected chi connectivity index (χ0v) is 17.2. The number of carbonyl (C=O) groups excluding carboxylic acids is 1. The van der Waals surface area contributed by atoms with E-state index in [9.17, 15) is 18.8 Å². The number of pyridine rings is 1. The average molecular weight is 461 g/mol. The lowest BCUT2D eigenvalue weighted by molar-refractivity contribution is 0.0751. The van der Waals surface area contributed by atoms with E-state index >= 15 is 0 Å². The second-order valence-electron chi connectivity index (χ2n) is 7.01. The van der Waals surface area contributed by atoms with Crippen LogP contribution in [0.3, 0.4) is 0 Å². The fourth-order valence-electron chi connectivity index (χ4n) is 3.31. The van der Waals surface area contributed by atoms with Gasteiger partial charge in [0.15, 0.2) is 0 Å². The van der Waals surface area contributed by atoms with Crippen molar-refractivity contribution in [2.45, 2.75) is 32.4 Å². The van der Waals surface area contributed by atoms with Gasteiger partial charge in [-0.25, -0.2) is 14.2 Å². The quantitative estimate of drug-likeness (QED) is 0.633. The molecule has 0 saturated heterocycles. The molecule has 1 amide bonds. The minimum absolute atomic E-state index is 0.0301. The molecule has 0 atom stereocenters. The molecule has 1 saturated carbocycles. The Morgan fingerprint density at radius 1 is 1.34 bits per heavy atom. The van der Waals surface area contributed by atoms with E-state index in [0.29, 0.717) is 16.6 Å². The maximum Gasteiger partial charge on any atom is 0.330 e. The normalized spacial score (nSPS) is 13.6. The second kappa shape index (κ2) is 7.55. The number of halogens is 2. The smallest absolute Gasteiger partial charge is 0.330 e. The van der Waals surface area contributed by atoms with Gasteiger partial charge in [0, 0.05) is 35.4 Å². The van der Waals surface area contributed by atoms with Gasteiger partial charge in [-0.15, -0.1) is 0 Å². The van der Waals surface area contributed by atoms with Gasteiger partial charge in [0.25, 0.3) is 11.5 Å². The minimum atomic E-state index is -0.579. The first kappa shape index (κ1) is 19.5. The fourth-order valence-corrected chi connectivity index (χ4v) is 3.71. The molecule has 29 heavy (non-hydrogen) atoms. The molecule has 0 bridgehead atoms. The minimum Gasteiger partial charge on any atom is -0.334 e. The predicted octanol–water partition coefficient (Wildman–Crippen LogP) is 2.98. The fraction of sp³-hybridized carbons (Fsp3) is 0.300.